The fraction of sp³-hybridized carbons (Fsp3) is 0. The molecule has 21 heavy (non-hydrogen) atoms. The predicted molar refractivity (Wildman–Crippen MR) is 82.8 cm³/mol. The zero-order valence-corrected chi connectivity index (χ0v) is 13.4. The lowest BCUT2D eigenvalue weighted by molar-refractivity contribution is -0.384. The summed E-state index contributed by atoms with van der Waals surface area (Å²) in [6, 6.07) is 8.11. The highest BCUT2D eigenvalue weighted by atomic mass is 79.9. The number of rotatable bonds is 3. The Bertz CT molecular complexity index is 737. The summed E-state index contributed by atoms with van der Waals surface area (Å²) in [6.45, 7) is 0. The second kappa shape index (κ2) is 6.31. The van der Waals surface area contributed by atoms with Crippen molar-refractivity contribution in [1.82, 2.24) is 0 Å². The number of nitrogens with zero attached hydrogens (tertiary/aromatic N) is 1. The second-order valence-electron chi connectivity index (χ2n) is 4.00. The maximum atomic E-state index is 13.7. The molecule has 1 N–H and O–H groups in total. The topological polar surface area (TPSA) is 72.2 Å². The van der Waals surface area contributed by atoms with Crippen molar-refractivity contribution < 1.29 is 14.1 Å². The largest absolute Gasteiger partial charge is 0.316 e. The Morgan fingerprint density at radius 3 is 2.38 bits per heavy atom. The quantitative estimate of drug-likeness (QED) is 0.589. The Hall–Kier alpha value is -1.80. The lowest BCUT2D eigenvalue weighted by atomic mass is 10.2. The van der Waals surface area contributed by atoms with Gasteiger partial charge in [0.1, 0.15) is 11.5 Å². The molecule has 0 atom stereocenters. The van der Waals surface area contributed by atoms with E-state index in [1.807, 2.05) is 0 Å². The average molecular weight is 418 g/mol. The van der Waals surface area contributed by atoms with E-state index >= 15 is 0 Å². The van der Waals surface area contributed by atoms with Crippen molar-refractivity contribution in [2.75, 3.05) is 5.32 Å². The molecule has 0 spiro atoms. The number of nitro groups is 1. The summed E-state index contributed by atoms with van der Waals surface area (Å²) in [6.07, 6.45) is 0. The van der Waals surface area contributed by atoms with Gasteiger partial charge in [-0.25, -0.2) is 4.39 Å². The monoisotopic (exact) mass is 416 g/mol. The molecule has 0 aliphatic heterocycles. The van der Waals surface area contributed by atoms with E-state index < -0.39 is 16.6 Å². The molecule has 108 valence electrons. The zero-order chi connectivity index (χ0) is 15.6. The number of nitro benzene ring substituents is 1. The van der Waals surface area contributed by atoms with Crippen LogP contribution in [-0.2, 0) is 0 Å². The van der Waals surface area contributed by atoms with E-state index in [1.54, 1.807) is 6.07 Å². The molecule has 0 bridgehead atoms. The molecule has 2 aromatic rings. The maximum absolute atomic E-state index is 13.7. The Labute approximate surface area is 135 Å². The zero-order valence-electron chi connectivity index (χ0n) is 10.3. The van der Waals surface area contributed by atoms with E-state index in [9.17, 15) is 19.3 Å². The van der Waals surface area contributed by atoms with Gasteiger partial charge >= 0.3 is 0 Å². The molecule has 0 unspecified atom stereocenters. The first-order valence-electron chi connectivity index (χ1n) is 5.59. The summed E-state index contributed by atoms with van der Waals surface area (Å²) < 4.78 is 14.7. The minimum absolute atomic E-state index is 0.00415. The number of hydrogen-bond acceptors (Lipinski definition) is 3. The van der Waals surface area contributed by atoms with Crippen LogP contribution in [-0.4, -0.2) is 10.8 Å². The highest BCUT2D eigenvalue weighted by Crippen LogP contribution is 2.28. The lowest BCUT2D eigenvalue weighted by Crippen LogP contribution is -2.14. The van der Waals surface area contributed by atoms with E-state index in [0.717, 1.165) is 6.07 Å². The van der Waals surface area contributed by atoms with Crippen molar-refractivity contribution in [1.29, 1.82) is 0 Å². The lowest BCUT2D eigenvalue weighted by Gasteiger charge is -2.07. The molecule has 1 amide bonds. The Morgan fingerprint density at radius 1 is 1.14 bits per heavy atom. The number of amides is 1. The molecular formula is C13H7Br2FN2O3. The van der Waals surface area contributed by atoms with Crippen LogP contribution in [0.1, 0.15) is 10.4 Å². The van der Waals surface area contributed by atoms with Crippen molar-refractivity contribution in [2.45, 2.75) is 0 Å². The first-order chi connectivity index (χ1) is 9.88. The van der Waals surface area contributed by atoms with Crippen molar-refractivity contribution in [3.05, 3.63) is 66.8 Å². The minimum Gasteiger partial charge on any atom is -0.316 e. The van der Waals surface area contributed by atoms with Crippen molar-refractivity contribution in [2.24, 2.45) is 0 Å². The van der Waals surface area contributed by atoms with Gasteiger partial charge in [0.15, 0.2) is 0 Å². The summed E-state index contributed by atoms with van der Waals surface area (Å²) in [5, 5.41) is 13.3. The first-order valence-corrected chi connectivity index (χ1v) is 7.17. The van der Waals surface area contributed by atoms with E-state index in [-0.39, 0.29) is 16.9 Å². The molecule has 0 saturated carbocycles. The highest BCUT2D eigenvalue weighted by Gasteiger charge is 2.19. The number of hydrogen-bond donors (Lipinski definition) is 1. The molecule has 0 saturated heterocycles. The van der Waals surface area contributed by atoms with Gasteiger partial charge in [-0.05, 0) is 30.3 Å². The van der Waals surface area contributed by atoms with Crippen LogP contribution < -0.4 is 5.32 Å². The average Bonchev–Trinajstić information content (AvgIpc) is 2.40. The van der Waals surface area contributed by atoms with Crippen LogP contribution in [0.15, 0.2) is 45.3 Å². The van der Waals surface area contributed by atoms with Gasteiger partial charge in [-0.15, -0.1) is 0 Å². The van der Waals surface area contributed by atoms with E-state index in [2.05, 4.69) is 37.2 Å². The molecule has 0 fully saturated rings. The van der Waals surface area contributed by atoms with Crippen LogP contribution in [0.25, 0.3) is 0 Å². The fourth-order valence-electron chi connectivity index (χ4n) is 1.62. The Morgan fingerprint density at radius 2 is 1.76 bits per heavy atom. The summed E-state index contributed by atoms with van der Waals surface area (Å²) >= 11 is 6.20. The van der Waals surface area contributed by atoms with E-state index in [4.69, 9.17) is 0 Å². The van der Waals surface area contributed by atoms with Gasteiger partial charge in [0.05, 0.1) is 10.5 Å². The molecule has 2 aromatic carbocycles. The van der Waals surface area contributed by atoms with Crippen LogP contribution in [0.4, 0.5) is 15.8 Å². The van der Waals surface area contributed by atoms with Gasteiger partial charge < -0.3 is 5.32 Å². The number of carbonyl (C=O) groups excluding carboxylic acids is 1. The minimum atomic E-state index is -0.759. The van der Waals surface area contributed by atoms with Gasteiger partial charge in [0.2, 0.25) is 0 Å². The number of benzene rings is 2. The SMILES string of the molecule is O=C(Nc1ccc(Br)cc1[N+](=O)[O-])c1ccc(Br)cc1F. The van der Waals surface area contributed by atoms with Gasteiger partial charge in [-0.3, -0.25) is 14.9 Å². The number of halogens is 3. The van der Waals surface area contributed by atoms with Crippen LogP contribution >= 0.6 is 31.9 Å². The third-order valence-electron chi connectivity index (χ3n) is 2.58. The number of carbonyl (C=O) groups is 1. The number of anilines is 1. The standard InChI is InChI=1S/C13H7Br2FN2O3/c14-7-1-3-9(10(16)5-7)13(19)17-11-4-2-8(15)6-12(11)18(20)21/h1-6H,(H,17,19). The second-order valence-corrected chi connectivity index (χ2v) is 5.83. The number of nitrogens with one attached hydrogen (secondary N) is 1. The molecule has 5 nitrogen and oxygen atoms in total. The normalized spacial score (nSPS) is 10.2. The molecule has 8 heteroatoms. The predicted octanol–water partition coefficient (Wildman–Crippen LogP) is 4.51. The maximum Gasteiger partial charge on any atom is 0.293 e. The van der Waals surface area contributed by atoms with Crippen LogP contribution in [0, 0.1) is 15.9 Å². The smallest absolute Gasteiger partial charge is 0.293 e. The fourth-order valence-corrected chi connectivity index (χ4v) is 2.31. The van der Waals surface area contributed by atoms with Crippen LogP contribution in [0.3, 0.4) is 0 Å². The highest BCUT2D eigenvalue weighted by molar-refractivity contribution is 9.10. The molecule has 0 heterocycles. The molecule has 0 aromatic heterocycles. The third kappa shape index (κ3) is 3.64. The van der Waals surface area contributed by atoms with E-state index in [1.165, 1.54) is 24.3 Å². The molecule has 0 radical (unpaired) electrons. The summed E-state index contributed by atoms with van der Waals surface area (Å²) in [5.41, 5.74) is -0.485. The third-order valence-corrected chi connectivity index (χ3v) is 3.57. The van der Waals surface area contributed by atoms with Crippen LogP contribution in [0.2, 0.25) is 0 Å². The summed E-state index contributed by atoms with van der Waals surface area (Å²) in [7, 11) is 0. The van der Waals surface area contributed by atoms with Crippen molar-refractivity contribution in [3.63, 3.8) is 0 Å². The molecule has 0 aliphatic carbocycles. The van der Waals surface area contributed by atoms with Gasteiger partial charge in [0, 0.05) is 15.0 Å². The molecular weight excluding hydrogens is 411 g/mol. The summed E-state index contributed by atoms with van der Waals surface area (Å²) in [4.78, 5) is 22.3. The van der Waals surface area contributed by atoms with Gasteiger partial charge in [0.25, 0.3) is 11.6 Å². The Kier molecular flexibility index (Phi) is 4.69. The first kappa shape index (κ1) is 15.6. The molecule has 0 aliphatic rings. The molecule has 2 rings (SSSR count). The van der Waals surface area contributed by atoms with E-state index in [0.29, 0.717) is 8.95 Å². The van der Waals surface area contributed by atoms with Crippen molar-refractivity contribution in [3.8, 4) is 0 Å². The summed E-state index contributed by atoms with van der Waals surface area (Å²) in [5.74, 6) is -1.48. The van der Waals surface area contributed by atoms with Gasteiger partial charge in [-0.2, -0.15) is 0 Å². The van der Waals surface area contributed by atoms with Crippen molar-refractivity contribution >= 4 is 49.1 Å². The van der Waals surface area contributed by atoms with Crippen LogP contribution in [0.5, 0.6) is 0 Å². The Balaban J connectivity index is 2.34. The van der Waals surface area contributed by atoms with Gasteiger partial charge in [-0.1, -0.05) is 31.9 Å².